The van der Waals surface area contributed by atoms with Crippen molar-refractivity contribution >= 4 is 11.8 Å². The van der Waals surface area contributed by atoms with Gasteiger partial charge in [-0.15, -0.1) is 0 Å². The molecule has 24 heavy (non-hydrogen) atoms. The number of nitrogens with one attached hydrogen (secondary N) is 1. The largest absolute Gasteiger partial charge is 0.344 e. The van der Waals surface area contributed by atoms with Gasteiger partial charge in [-0.1, -0.05) is 30.3 Å². The molecule has 5 heteroatoms. The Morgan fingerprint density at radius 2 is 2.08 bits per heavy atom. The summed E-state index contributed by atoms with van der Waals surface area (Å²) in [6.07, 6.45) is 2.10. The van der Waals surface area contributed by atoms with Gasteiger partial charge in [-0.25, -0.2) is 0 Å². The second-order valence-electron chi connectivity index (χ2n) is 6.81. The normalized spacial score (nSPS) is 25.5. The number of carbonyl (C=O) groups excluding carboxylic acids is 2. The van der Waals surface area contributed by atoms with Crippen LogP contribution < -0.4 is 5.32 Å². The molecular formula is C19H27N3O2. The summed E-state index contributed by atoms with van der Waals surface area (Å²) in [6, 6.07) is 10.8. The molecule has 5 nitrogen and oxygen atoms in total. The van der Waals surface area contributed by atoms with Crippen molar-refractivity contribution in [1.82, 2.24) is 15.1 Å². The third kappa shape index (κ3) is 3.46. The zero-order valence-electron chi connectivity index (χ0n) is 14.6. The van der Waals surface area contributed by atoms with E-state index in [0.717, 1.165) is 19.5 Å². The lowest BCUT2D eigenvalue weighted by Gasteiger charge is -2.31. The molecule has 2 heterocycles. The fourth-order valence-corrected chi connectivity index (χ4v) is 3.91. The van der Waals surface area contributed by atoms with Crippen molar-refractivity contribution in [2.75, 3.05) is 19.6 Å². The van der Waals surface area contributed by atoms with Gasteiger partial charge < -0.3 is 10.2 Å². The van der Waals surface area contributed by atoms with E-state index >= 15 is 0 Å². The first-order valence-electron chi connectivity index (χ1n) is 8.99. The van der Waals surface area contributed by atoms with E-state index in [4.69, 9.17) is 0 Å². The number of hydrogen-bond donors (Lipinski definition) is 1. The maximum absolute atomic E-state index is 12.7. The van der Waals surface area contributed by atoms with Gasteiger partial charge in [0.25, 0.3) is 0 Å². The van der Waals surface area contributed by atoms with Gasteiger partial charge in [0.1, 0.15) is 6.04 Å². The molecule has 2 fully saturated rings. The van der Waals surface area contributed by atoms with Crippen LogP contribution in [0.25, 0.3) is 0 Å². The van der Waals surface area contributed by atoms with Crippen LogP contribution in [0.1, 0.15) is 44.7 Å². The van der Waals surface area contributed by atoms with Crippen molar-refractivity contribution in [2.24, 2.45) is 0 Å². The topological polar surface area (TPSA) is 52.7 Å². The van der Waals surface area contributed by atoms with Crippen LogP contribution in [0.4, 0.5) is 0 Å². The third-order valence-electron chi connectivity index (χ3n) is 5.38. The monoisotopic (exact) mass is 329 g/mol. The fraction of sp³-hybridized carbons (Fsp3) is 0.579. The molecular weight excluding hydrogens is 302 g/mol. The van der Waals surface area contributed by atoms with Gasteiger partial charge in [0, 0.05) is 38.1 Å². The smallest absolute Gasteiger partial charge is 0.245 e. The summed E-state index contributed by atoms with van der Waals surface area (Å²) in [7, 11) is 0. The van der Waals surface area contributed by atoms with Crippen molar-refractivity contribution in [2.45, 2.75) is 51.2 Å². The molecule has 1 aromatic rings. The minimum absolute atomic E-state index is 0.00449. The fourth-order valence-electron chi connectivity index (χ4n) is 3.91. The number of likely N-dealkylation sites (tertiary alicyclic amines) is 1. The Kier molecular flexibility index (Phi) is 5.19. The molecule has 0 unspecified atom stereocenters. The molecule has 3 atom stereocenters. The van der Waals surface area contributed by atoms with Gasteiger partial charge in [0.15, 0.2) is 0 Å². The van der Waals surface area contributed by atoms with E-state index in [9.17, 15) is 9.59 Å². The maximum atomic E-state index is 12.7. The summed E-state index contributed by atoms with van der Waals surface area (Å²) in [5, 5.41) is 2.81. The zero-order chi connectivity index (χ0) is 17.1. The van der Waals surface area contributed by atoms with Crippen molar-refractivity contribution in [3.8, 4) is 0 Å². The first-order chi connectivity index (χ1) is 11.6. The highest BCUT2D eigenvalue weighted by atomic mass is 16.2. The minimum atomic E-state index is -0.321. The average Bonchev–Trinajstić information content (AvgIpc) is 3.25. The second kappa shape index (κ2) is 7.34. The number of nitrogens with zero attached hydrogens (tertiary/aromatic N) is 2. The molecule has 2 aliphatic heterocycles. The number of benzene rings is 1. The lowest BCUT2D eigenvalue weighted by Crippen LogP contribution is -2.49. The molecule has 1 N–H and O–H groups in total. The summed E-state index contributed by atoms with van der Waals surface area (Å²) in [4.78, 5) is 28.6. The molecule has 0 radical (unpaired) electrons. The van der Waals surface area contributed by atoms with E-state index in [2.05, 4.69) is 41.4 Å². The van der Waals surface area contributed by atoms with E-state index in [1.54, 1.807) is 0 Å². The lowest BCUT2D eigenvalue weighted by molar-refractivity contribution is -0.136. The lowest BCUT2D eigenvalue weighted by atomic mass is 10.1. The Balaban J connectivity index is 1.63. The predicted octanol–water partition coefficient (Wildman–Crippen LogP) is 1.95. The Morgan fingerprint density at radius 1 is 1.33 bits per heavy atom. The third-order valence-corrected chi connectivity index (χ3v) is 5.38. The van der Waals surface area contributed by atoms with Crippen molar-refractivity contribution in [3.05, 3.63) is 35.9 Å². The minimum Gasteiger partial charge on any atom is -0.344 e. The van der Waals surface area contributed by atoms with Gasteiger partial charge >= 0.3 is 0 Å². The summed E-state index contributed by atoms with van der Waals surface area (Å²) in [5.41, 5.74) is 1.32. The number of likely N-dealkylation sites (N-methyl/N-ethyl adjacent to an activating group) is 1. The zero-order valence-corrected chi connectivity index (χ0v) is 14.6. The highest BCUT2D eigenvalue weighted by Crippen LogP contribution is 2.27. The molecule has 0 bridgehead atoms. The number of rotatable bonds is 5. The van der Waals surface area contributed by atoms with Crippen LogP contribution in [0, 0.1) is 0 Å². The Hall–Kier alpha value is -1.88. The van der Waals surface area contributed by atoms with E-state index in [1.807, 2.05) is 17.9 Å². The molecule has 2 aliphatic rings. The molecule has 0 aliphatic carbocycles. The molecule has 2 amide bonds. The molecule has 130 valence electrons. The molecule has 3 rings (SSSR count). The van der Waals surface area contributed by atoms with Crippen LogP contribution in [0.15, 0.2) is 30.3 Å². The van der Waals surface area contributed by atoms with E-state index < -0.39 is 0 Å². The van der Waals surface area contributed by atoms with Crippen LogP contribution in [-0.2, 0) is 9.59 Å². The summed E-state index contributed by atoms with van der Waals surface area (Å²) in [5.74, 6) is 0.0812. The van der Waals surface area contributed by atoms with Gasteiger partial charge in [-0.2, -0.15) is 0 Å². The number of carbonyl (C=O) groups is 2. The molecule has 2 saturated heterocycles. The van der Waals surface area contributed by atoms with Crippen LogP contribution in [0.2, 0.25) is 0 Å². The van der Waals surface area contributed by atoms with Gasteiger partial charge in [-0.3, -0.25) is 14.5 Å². The first kappa shape index (κ1) is 17.0. The maximum Gasteiger partial charge on any atom is 0.245 e. The van der Waals surface area contributed by atoms with Crippen molar-refractivity contribution < 1.29 is 9.59 Å². The molecule has 1 aromatic carbocycles. The quantitative estimate of drug-likeness (QED) is 0.898. The molecule has 0 saturated carbocycles. The van der Waals surface area contributed by atoms with Gasteiger partial charge in [0.05, 0.1) is 0 Å². The molecule has 0 aromatic heterocycles. The van der Waals surface area contributed by atoms with Gasteiger partial charge in [0.2, 0.25) is 11.8 Å². The Morgan fingerprint density at radius 3 is 2.71 bits per heavy atom. The highest BCUT2D eigenvalue weighted by Gasteiger charge is 2.36. The van der Waals surface area contributed by atoms with E-state index in [1.165, 1.54) is 5.56 Å². The van der Waals surface area contributed by atoms with Crippen LogP contribution >= 0.6 is 0 Å². The summed E-state index contributed by atoms with van der Waals surface area (Å²) >= 11 is 0. The van der Waals surface area contributed by atoms with Gasteiger partial charge in [-0.05, 0) is 32.3 Å². The SMILES string of the molecule is CCN(C(=O)[C@@H]1CCC(=O)N1)[C@H]1CCN([C@@H](C)c2ccccc2)C1. The second-order valence-corrected chi connectivity index (χ2v) is 6.81. The average molecular weight is 329 g/mol. The Bertz CT molecular complexity index is 590. The van der Waals surface area contributed by atoms with Crippen LogP contribution in [0.3, 0.4) is 0 Å². The van der Waals surface area contributed by atoms with Crippen molar-refractivity contribution in [1.29, 1.82) is 0 Å². The first-order valence-corrected chi connectivity index (χ1v) is 8.99. The van der Waals surface area contributed by atoms with E-state index in [0.29, 0.717) is 25.4 Å². The Labute approximate surface area is 144 Å². The summed E-state index contributed by atoms with van der Waals surface area (Å²) < 4.78 is 0. The number of amides is 2. The van der Waals surface area contributed by atoms with Crippen LogP contribution in [-0.4, -0.2) is 53.3 Å². The van der Waals surface area contributed by atoms with Crippen LogP contribution in [0.5, 0.6) is 0 Å². The number of hydrogen-bond acceptors (Lipinski definition) is 3. The summed E-state index contributed by atoms with van der Waals surface area (Å²) in [6.45, 7) is 6.85. The van der Waals surface area contributed by atoms with Crippen molar-refractivity contribution in [3.63, 3.8) is 0 Å². The highest BCUT2D eigenvalue weighted by molar-refractivity contribution is 5.91. The molecule has 0 spiro atoms. The standard InChI is InChI=1S/C19H27N3O2/c1-3-22(19(24)17-9-10-18(23)20-17)16-11-12-21(13-16)14(2)15-7-5-4-6-8-15/h4-8,14,16-17H,3,9-13H2,1-2H3,(H,20,23)/t14-,16-,17-/m0/s1. The van der Waals surface area contributed by atoms with E-state index in [-0.39, 0.29) is 23.9 Å². The predicted molar refractivity (Wildman–Crippen MR) is 93.4 cm³/mol.